The first kappa shape index (κ1) is 17.1. The lowest BCUT2D eigenvalue weighted by molar-refractivity contribution is -0.274. The molecule has 0 aliphatic heterocycles. The van der Waals surface area contributed by atoms with Crippen molar-refractivity contribution < 1.29 is 22.3 Å². The third-order valence-electron chi connectivity index (χ3n) is 3.82. The van der Waals surface area contributed by atoms with Crippen LogP contribution in [0, 0.1) is 0 Å². The number of hydrogen-bond donors (Lipinski definition) is 0. The van der Waals surface area contributed by atoms with Crippen LogP contribution in [0.3, 0.4) is 0 Å². The minimum absolute atomic E-state index is 0.277. The number of halogens is 3. The molecular weight excluding hydrogens is 335 g/mol. The Bertz CT molecular complexity index is 923. The molecule has 25 heavy (non-hydrogen) atoms. The van der Waals surface area contributed by atoms with Crippen LogP contribution in [-0.4, -0.2) is 10.9 Å². The van der Waals surface area contributed by atoms with E-state index >= 15 is 0 Å². The number of unbranched alkanes of at least 4 members (excludes halogenated alkanes) is 1. The Labute approximate surface area is 141 Å². The lowest BCUT2D eigenvalue weighted by Gasteiger charge is -2.09. The highest BCUT2D eigenvalue weighted by molar-refractivity contribution is 5.80. The van der Waals surface area contributed by atoms with Gasteiger partial charge in [-0.05, 0) is 41.8 Å². The number of aryl methyl sites for hydroxylation is 1. The summed E-state index contributed by atoms with van der Waals surface area (Å²) in [6, 6.07) is 10.8. The average molecular weight is 351 g/mol. The Balaban J connectivity index is 1.94. The first-order valence-corrected chi connectivity index (χ1v) is 7.87. The molecule has 132 valence electrons. The van der Waals surface area contributed by atoms with Crippen molar-refractivity contribution in [3.8, 4) is 16.9 Å². The zero-order valence-electron chi connectivity index (χ0n) is 13.5. The van der Waals surface area contributed by atoms with Gasteiger partial charge >= 0.3 is 12.1 Å². The largest absolute Gasteiger partial charge is 0.573 e. The summed E-state index contributed by atoms with van der Waals surface area (Å²) < 4.78 is 47.3. The molecule has 0 aliphatic rings. The number of rotatable bonds is 5. The minimum atomic E-state index is -4.72. The molecule has 0 fully saturated rings. The third kappa shape index (κ3) is 3.87. The second kappa shape index (κ2) is 6.66. The fourth-order valence-electron chi connectivity index (χ4n) is 2.62. The minimum Gasteiger partial charge on any atom is -0.408 e. The first-order valence-electron chi connectivity index (χ1n) is 7.87. The lowest BCUT2D eigenvalue weighted by Crippen LogP contribution is -2.16. The van der Waals surface area contributed by atoms with Gasteiger partial charge in [0.15, 0.2) is 5.58 Å². The van der Waals surface area contributed by atoms with E-state index in [0.29, 0.717) is 23.2 Å². The molecule has 2 aromatic carbocycles. The molecule has 1 heterocycles. The quantitative estimate of drug-likeness (QED) is 0.653. The van der Waals surface area contributed by atoms with E-state index in [9.17, 15) is 18.0 Å². The fraction of sp³-hybridized carbons (Fsp3) is 0.278. The molecule has 0 atom stereocenters. The van der Waals surface area contributed by atoms with Gasteiger partial charge in [0.05, 0.1) is 5.52 Å². The van der Waals surface area contributed by atoms with Crippen molar-refractivity contribution >= 4 is 11.1 Å². The van der Waals surface area contributed by atoms with Crippen LogP contribution in [0.2, 0.25) is 0 Å². The number of hydrogen-bond acceptors (Lipinski definition) is 3. The molecule has 4 nitrogen and oxygen atoms in total. The molecule has 0 saturated carbocycles. The summed E-state index contributed by atoms with van der Waals surface area (Å²) in [5.74, 6) is -0.685. The second-order valence-corrected chi connectivity index (χ2v) is 5.63. The second-order valence-electron chi connectivity index (χ2n) is 5.63. The number of fused-ring (bicyclic) bond motifs is 1. The van der Waals surface area contributed by atoms with E-state index in [1.165, 1.54) is 24.3 Å². The molecule has 0 unspecified atom stereocenters. The van der Waals surface area contributed by atoms with Crippen molar-refractivity contribution in [2.45, 2.75) is 32.7 Å². The summed E-state index contributed by atoms with van der Waals surface area (Å²) in [7, 11) is 0. The monoisotopic (exact) mass is 351 g/mol. The Kier molecular flexibility index (Phi) is 4.57. The van der Waals surface area contributed by atoms with Crippen molar-refractivity contribution in [1.82, 2.24) is 4.57 Å². The van der Waals surface area contributed by atoms with E-state index in [4.69, 9.17) is 4.42 Å². The number of ether oxygens (including phenoxy) is 1. The van der Waals surface area contributed by atoms with Crippen LogP contribution in [0.1, 0.15) is 19.8 Å². The summed E-state index contributed by atoms with van der Waals surface area (Å²) in [6.07, 6.45) is -2.92. The number of benzene rings is 2. The average Bonchev–Trinajstić information content (AvgIpc) is 2.86. The summed E-state index contributed by atoms with van der Waals surface area (Å²) in [4.78, 5) is 11.9. The maximum atomic E-state index is 12.2. The van der Waals surface area contributed by atoms with Crippen LogP contribution in [0.5, 0.6) is 5.75 Å². The van der Waals surface area contributed by atoms with Crippen LogP contribution in [0.25, 0.3) is 22.2 Å². The van der Waals surface area contributed by atoms with Gasteiger partial charge in [0.25, 0.3) is 0 Å². The Morgan fingerprint density at radius 2 is 1.76 bits per heavy atom. The highest BCUT2D eigenvalue weighted by Gasteiger charge is 2.30. The first-order chi connectivity index (χ1) is 11.9. The van der Waals surface area contributed by atoms with Gasteiger partial charge in [-0.1, -0.05) is 31.5 Å². The van der Waals surface area contributed by atoms with Gasteiger partial charge in [0, 0.05) is 6.54 Å². The van der Waals surface area contributed by atoms with Gasteiger partial charge in [-0.15, -0.1) is 13.2 Å². The lowest BCUT2D eigenvalue weighted by atomic mass is 10.1. The van der Waals surface area contributed by atoms with Crippen LogP contribution in [0.15, 0.2) is 51.7 Å². The number of aromatic nitrogens is 1. The van der Waals surface area contributed by atoms with Crippen LogP contribution in [-0.2, 0) is 6.54 Å². The van der Waals surface area contributed by atoms with Gasteiger partial charge in [-0.25, -0.2) is 4.79 Å². The Morgan fingerprint density at radius 1 is 1.08 bits per heavy atom. The predicted molar refractivity (Wildman–Crippen MR) is 87.5 cm³/mol. The maximum absolute atomic E-state index is 12.2. The van der Waals surface area contributed by atoms with E-state index in [1.807, 2.05) is 6.92 Å². The molecule has 3 aromatic rings. The van der Waals surface area contributed by atoms with Gasteiger partial charge in [-0.2, -0.15) is 0 Å². The molecule has 0 saturated heterocycles. The van der Waals surface area contributed by atoms with E-state index in [-0.39, 0.29) is 5.75 Å². The highest BCUT2D eigenvalue weighted by atomic mass is 19.4. The van der Waals surface area contributed by atoms with Crippen molar-refractivity contribution in [2.24, 2.45) is 0 Å². The van der Waals surface area contributed by atoms with Gasteiger partial charge in [-0.3, -0.25) is 4.57 Å². The number of oxazole rings is 1. The molecule has 7 heteroatoms. The molecule has 0 bridgehead atoms. The SMILES string of the molecule is CCCCn1c(=O)oc2ccc(-c3ccc(OC(F)(F)F)cc3)cc21. The standard InChI is InChI=1S/C18H16F3NO3/c1-2-3-10-22-15-11-13(6-9-16(15)24-17(22)23)12-4-7-14(8-5-12)25-18(19,20)21/h4-9,11H,2-3,10H2,1H3. The molecule has 0 N–H and O–H groups in total. The van der Waals surface area contributed by atoms with E-state index in [0.717, 1.165) is 18.4 Å². The van der Waals surface area contributed by atoms with Crippen molar-refractivity contribution in [2.75, 3.05) is 0 Å². The maximum Gasteiger partial charge on any atom is 0.573 e. The summed E-state index contributed by atoms with van der Waals surface area (Å²) >= 11 is 0. The fourth-order valence-corrected chi connectivity index (χ4v) is 2.62. The number of nitrogens with zero attached hydrogens (tertiary/aromatic N) is 1. The third-order valence-corrected chi connectivity index (χ3v) is 3.82. The summed E-state index contributed by atoms with van der Waals surface area (Å²) in [6.45, 7) is 2.59. The molecule has 3 rings (SSSR count). The van der Waals surface area contributed by atoms with Crippen molar-refractivity contribution in [3.05, 3.63) is 53.0 Å². The van der Waals surface area contributed by atoms with Crippen molar-refractivity contribution in [1.29, 1.82) is 0 Å². The molecule has 0 radical (unpaired) electrons. The predicted octanol–water partition coefficient (Wildman–Crippen LogP) is 4.96. The normalized spacial score (nSPS) is 11.8. The Morgan fingerprint density at radius 3 is 2.40 bits per heavy atom. The topological polar surface area (TPSA) is 44.4 Å². The van der Waals surface area contributed by atoms with E-state index in [1.54, 1.807) is 22.8 Å². The van der Waals surface area contributed by atoms with Crippen molar-refractivity contribution in [3.63, 3.8) is 0 Å². The smallest absolute Gasteiger partial charge is 0.408 e. The molecular formula is C18H16F3NO3. The zero-order valence-corrected chi connectivity index (χ0v) is 13.5. The molecule has 1 aromatic heterocycles. The zero-order chi connectivity index (χ0) is 18.0. The van der Waals surface area contributed by atoms with E-state index in [2.05, 4.69) is 4.74 Å². The number of alkyl halides is 3. The molecule has 0 aliphatic carbocycles. The van der Waals surface area contributed by atoms with Gasteiger partial charge in [0.1, 0.15) is 5.75 Å². The van der Waals surface area contributed by atoms with E-state index < -0.39 is 12.1 Å². The Hall–Kier alpha value is -2.70. The van der Waals surface area contributed by atoms with Gasteiger partial charge < -0.3 is 9.15 Å². The summed E-state index contributed by atoms with van der Waals surface area (Å²) in [5.41, 5.74) is 2.65. The molecule has 0 amide bonds. The molecule has 0 spiro atoms. The van der Waals surface area contributed by atoms with Crippen LogP contribution < -0.4 is 10.5 Å². The summed E-state index contributed by atoms with van der Waals surface area (Å²) in [5, 5.41) is 0. The van der Waals surface area contributed by atoms with Gasteiger partial charge in [0.2, 0.25) is 0 Å². The van der Waals surface area contributed by atoms with Crippen LogP contribution in [0.4, 0.5) is 13.2 Å². The highest BCUT2D eigenvalue weighted by Crippen LogP contribution is 2.28. The van der Waals surface area contributed by atoms with Crippen LogP contribution >= 0.6 is 0 Å².